The van der Waals surface area contributed by atoms with Crippen LogP contribution in [0.5, 0.6) is 0 Å². The van der Waals surface area contributed by atoms with Crippen LogP contribution in [0.15, 0.2) is 62.5 Å². The number of nitrogens with zero attached hydrogens (tertiary/aromatic N) is 2. The summed E-state index contributed by atoms with van der Waals surface area (Å²) in [5.74, 6) is 0.756. The summed E-state index contributed by atoms with van der Waals surface area (Å²) in [6.45, 7) is 3.87. The van der Waals surface area contributed by atoms with Crippen LogP contribution < -0.4 is 10.6 Å². The number of hydrogen-bond donors (Lipinski definition) is 1. The zero-order valence-corrected chi connectivity index (χ0v) is 17.7. The lowest BCUT2D eigenvalue weighted by molar-refractivity contribution is -0.116. The molecule has 2 aromatic rings. The van der Waals surface area contributed by atoms with Gasteiger partial charge in [-0.05, 0) is 49.8 Å². The minimum absolute atomic E-state index is 0.00537. The quantitative estimate of drug-likeness (QED) is 0.685. The molecule has 0 saturated carbocycles. The summed E-state index contributed by atoms with van der Waals surface area (Å²) in [4.78, 5) is 14.8. The number of halogens is 1. The number of hydrogen-bond acceptors (Lipinski definition) is 6. The van der Waals surface area contributed by atoms with Crippen molar-refractivity contribution in [2.75, 3.05) is 10.7 Å². The van der Waals surface area contributed by atoms with Crippen molar-refractivity contribution in [2.24, 2.45) is 5.73 Å². The van der Waals surface area contributed by atoms with Crippen molar-refractivity contribution >= 4 is 23.2 Å². The Labute approximate surface area is 179 Å². The number of carbonyl (C=O) groups is 1. The van der Waals surface area contributed by atoms with Gasteiger partial charge < -0.3 is 10.2 Å². The molecule has 2 N–H and O–H groups in total. The molecule has 0 saturated heterocycles. The minimum atomic E-state index is -0.575. The lowest BCUT2D eigenvalue weighted by atomic mass is 9.76. The van der Waals surface area contributed by atoms with Gasteiger partial charge in [0.25, 0.3) is 0 Å². The summed E-state index contributed by atoms with van der Waals surface area (Å²) in [5.41, 5.74) is 9.39. The zero-order chi connectivity index (χ0) is 21.4. The van der Waals surface area contributed by atoms with Crippen LogP contribution in [0.25, 0.3) is 0 Å². The van der Waals surface area contributed by atoms with Gasteiger partial charge in [-0.3, -0.25) is 9.69 Å². The van der Waals surface area contributed by atoms with Crippen molar-refractivity contribution < 1.29 is 13.6 Å². The molecule has 7 heteroatoms. The van der Waals surface area contributed by atoms with Crippen molar-refractivity contribution in [1.82, 2.24) is 0 Å². The number of rotatable bonds is 4. The van der Waals surface area contributed by atoms with Crippen molar-refractivity contribution in [2.45, 2.75) is 44.1 Å². The SMILES string of the molecule is CCSc1oc(C)cc1C1C(C#N)=C(N)N(c2cccc(F)c2)C2=C1C(=O)CCC2. The van der Waals surface area contributed by atoms with E-state index in [4.69, 9.17) is 10.2 Å². The number of nitrogens with two attached hydrogens (primary N) is 1. The van der Waals surface area contributed by atoms with Gasteiger partial charge in [-0.1, -0.05) is 24.8 Å². The second-order valence-electron chi connectivity index (χ2n) is 7.33. The van der Waals surface area contributed by atoms with Crippen LogP contribution >= 0.6 is 11.8 Å². The van der Waals surface area contributed by atoms with Gasteiger partial charge in [-0.15, -0.1) is 0 Å². The third kappa shape index (κ3) is 3.31. The van der Waals surface area contributed by atoms with E-state index in [1.165, 1.54) is 23.9 Å². The number of carbonyl (C=O) groups excluding carboxylic acids is 1. The Bertz CT molecular complexity index is 1130. The fourth-order valence-electron chi connectivity index (χ4n) is 4.27. The lowest BCUT2D eigenvalue weighted by Gasteiger charge is -2.39. The molecule has 0 fully saturated rings. The molecule has 2 heterocycles. The van der Waals surface area contributed by atoms with E-state index in [0.29, 0.717) is 35.6 Å². The van der Waals surface area contributed by atoms with Gasteiger partial charge in [0.1, 0.15) is 17.4 Å². The predicted molar refractivity (Wildman–Crippen MR) is 114 cm³/mol. The largest absolute Gasteiger partial charge is 0.455 e. The Hall–Kier alpha value is -2.98. The number of Topliss-reactive ketones (excluding diaryl/α,β-unsaturated/α-hetero) is 1. The maximum Gasteiger partial charge on any atom is 0.164 e. The first kappa shape index (κ1) is 20.3. The third-order valence-corrected chi connectivity index (χ3v) is 6.28. The van der Waals surface area contributed by atoms with Gasteiger partial charge in [0, 0.05) is 23.3 Å². The van der Waals surface area contributed by atoms with Gasteiger partial charge in [-0.2, -0.15) is 5.26 Å². The molecule has 30 heavy (non-hydrogen) atoms. The Balaban J connectivity index is 1.98. The number of nitriles is 1. The highest BCUT2D eigenvalue weighted by Gasteiger charge is 2.42. The third-order valence-electron chi connectivity index (χ3n) is 5.41. The van der Waals surface area contributed by atoms with E-state index < -0.39 is 11.7 Å². The fraction of sp³-hybridized carbons (Fsp3) is 0.304. The first-order valence-corrected chi connectivity index (χ1v) is 10.9. The Morgan fingerprint density at radius 3 is 2.87 bits per heavy atom. The maximum atomic E-state index is 14.0. The number of ketones is 1. The molecule has 1 aliphatic carbocycles. The monoisotopic (exact) mass is 423 g/mol. The summed E-state index contributed by atoms with van der Waals surface area (Å²) < 4.78 is 19.8. The van der Waals surface area contributed by atoms with Crippen LogP contribution in [0, 0.1) is 24.1 Å². The highest BCUT2D eigenvalue weighted by Crippen LogP contribution is 2.48. The molecule has 1 aromatic carbocycles. The number of anilines is 1. The number of furan rings is 1. The molecule has 4 rings (SSSR count). The summed E-state index contributed by atoms with van der Waals surface area (Å²) in [6.07, 6.45) is 1.73. The van der Waals surface area contributed by atoms with E-state index in [1.54, 1.807) is 17.0 Å². The van der Waals surface area contributed by atoms with E-state index in [0.717, 1.165) is 22.8 Å². The fourth-order valence-corrected chi connectivity index (χ4v) is 5.06. The van der Waals surface area contributed by atoms with Crippen molar-refractivity contribution in [3.8, 4) is 6.07 Å². The summed E-state index contributed by atoms with van der Waals surface area (Å²) in [6, 6.07) is 10.2. The summed E-state index contributed by atoms with van der Waals surface area (Å²) in [5, 5.41) is 10.8. The van der Waals surface area contributed by atoms with Crippen LogP contribution in [0.2, 0.25) is 0 Å². The molecular formula is C23H22FN3O2S. The van der Waals surface area contributed by atoms with E-state index in [9.17, 15) is 14.4 Å². The molecule has 1 atom stereocenters. The van der Waals surface area contributed by atoms with Gasteiger partial charge in [-0.25, -0.2) is 4.39 Å². The molecule has 1 unspecified atom stereocenters. The Morgan fingerprint density at radius 2 is 2.17 bits per heavy atom. The predicted octanol–water partition coefficient (Wildman–Crippen LogP) is 5.14. The summed E-state index contributed by atoms with van der Waals surface area (Å²) in [7, 11) is 0. The Morgan fingerprint density at radius 1 is 1.37 bits per heavy atom. The Kier molecular flexibility index (Phi) is 5.44. The maximum absolute atomic E-state index is 14.0. The van der Waals surface area contributed by atoms with Crippen LogP contribution in [-0.4, -0.2) is 11.5 Å². The highest BCUT2D eigenvalue weighted by molar-refractivity contribution is 7.99. The van der Waals surface area contributed by atoms with Gasteiger partial charge in [0.2, 0.25) is 0 Å². The molecule has 0 radical (unpaired) electrons. The van der Waals surface area contributed by atoms with Crippen LogP contribution in [0.3, 0.4) is 0 Å². The second-order valence-corrected chi connectivity index (χ2v) is 8.57. The number of benzene rings is 1. The average molecular weight is 424 g/mol. The van der Waals surface area contributed by atoms with Gasteiger partial charge in [0.05, 0.1) is 23.2 Å². The number of aryl methyl sites for hydroxylation is 1. The van der Waals surface area contributed by atoms with Crippen LogP contribution in [0.1, 0.15) is 43.4 Å². The van der Waals surface area contributed by atoms with Crippen molar-refractivity contribution in [1.29, 1.82) is 5.26 Å². The second kappa shape index (κ2) is 8.04. The van der Waals surface area contributed by atoms with E-state index in [1.807, 2.05) is 19.9 Å². The molecule has 0 bridgehead atoms. The molecule has 0 spiro atoms. The lowest BCUT2D eigenvalue weighted by Crippen LogP contribution is -2.38. The molecular weight excluding hydrogens is 401 g/mol. The minimum Gasteiger partial charge on any atom is -0.455 e. The standard InChI is InChI=1S/C23H22FN3O2S/c1-3-30-23-16(10-13(2)29-23)20-17(12-25)22(26)27(15-7-4-6-14(24)11-15)18-8-5-9-19(28)21(18)20/h4,6-7,10-11,20H,3,5,8-9,26H2,1-2H3. The van der Waals surface area contributed by atoms with Crippen molar-refractivity contribution in [3.63, 3.8) is 0 Å². The number of thioether (sulfide) groups is 1. The van der Waals surface area contributed by atoms with Gasteiger partial charge in [0.15, 0.2) is 10.9 Å². The topological polar surface area (TPSA) is 83.3 Å². The van der Waals surface area contributed by atoms with E-state index in [-0.39, 0.29) is 17.2 Å². The highest BCUT2D eigenvalue weighted by atomic mass is 32.2. The van der Waals surface area contributed by atoms with Gasteiger partial charge >= 0.3 is 0 Å². The van der Waals surface area contributed by atoms with Crippen molar-refractivity contribution in [3.05, 3.63) is 70.1 Å². The van der Waals surface area contributed by atoms with Crippen LogP contribution in [0.4, 0.5) is 10.1 Å². The zero-order valence-electron chi connectivity index (χ0n) is 16.9. The molecule has 2 aliphatic rings. The molecule has 0 amide bonds. The molecule has 1 aromatic heterocycles. The smallest absolute Gasteiger partial charge is 0.164 e. The summed E-state index contributed by atoms with van der Waals surface area (Å²) >= 11 is 1.53. The molecule has 154 valence electrons. The molecule has 1 aliphatic heterocycles. The first-order valence-electron chi connectivity index (χ1n) is 9.91. The number of allylic oxidation sites excluding steroid dienone is 3. The molecule has 5 nitrogen and oxygen atoms in total. The van der Waals surface area contributed by atoms with E-state index >= 15 is 0 Å². The van der Waals surface area contributed by atoms with Crippen LogP contribution in [-0.2, 0) is 4.79 Å². The van der Waals surface area contributed by atoms with E-state index in [2.05, 4.69) is 6.07 Å². The first-order chi connectivity index (χ1) is 14.5. The average Bonchev–Trinajstić information content (AvgIpc) is 3.07. The normalized spacial score (nSPS) is 19.2.